The minimum atomic E-state index is -1.60. The van der Waals surface area contributed by atoms with Gasteiger partial charge in [0.15, 0.2) is 0 Å². The first kappa shape index (κ1) is 10.2. The predicted molar refractivity (Wildman–Crippen MR) is 23.6 cm³/mol. The van der Waals surface area contributed by atoms with Crippen LogP contribution in [0.1, 0.15) is 0 Å². The van der Waals surface area contributed by atoms with Gasteiger partial charge in [0.05, 0.1) is 0 Å². The van der Waals surface area contributed by atoms with Gasteiger partial charge < -0.3 is 5.11 Å². The monoisotopic (exact) mass is 113 g/mol. The first-order chi connectivity index (χ1) is 2.64. The molecule has 0 aromatic rings. The molecule has 0 heterocycles. The smallest absolute Gasteiger partial charge is 0.364 e. The van der Waals surface area contributed by atoms with Crippen molar-refractivity contribution in [1.82, 2.24) is 0 Å². The molecule has 2 nitrogen and oxygen atoms in total. The summed E-state index contributed by atoms with van der Waals surface area (Å²) >= 11 is 0. The summed E-state index contributed by atoms with van der Waals surface area (Å²) in [4.78, 5) is 9.22. The fraction of sp³-hybridized carbons (Fsp3) is 0. The average Bonchev–Trinajstić information content (AvgIpc) is 1.36. The van der Waals surface area contributed by atoms with Gasteiger partial charge in [-0.25, -0.2) is 4.79 Å². The zero-order chi connectivity index (χ0) is 5.15. The molecule has 4 heteroatoms. The molecular weight excluding hydrogens is 110 g/mol. The van der Waals surface area contributed by atoms with Crippen LogP contribution in [0.4, 0.5) is 4.39 Å². The fourth-order valence-electron chi connectivity index (χ4n) is 0. The molecule has 7 heavy (non-hydrogen) atoms. The summed E-state index contributed by atoms with van der Waals surface area (Å²) in [6.45, 7) is 2.49. The van der Waals surface area contributed by atoms with Crippen LogP contribution < -0.4 is 0 Å². The molecule has 0 aromatic heterocycles. The number of aliphatic carboxylic acids is 1. The van der Waals surface area contributed by atoms with E-state index in [4.69, 9.17) is 5.11 Å². The molecule has 35 valence electrons. The first-order valence-electron chi connectivity index (χ1n) is 1.22. The SMILES string of the molecule is C=C(F)C(=O)O.[Na]. The normalized spacial score (nSPS) is 6.43. The zero-order valence-electron chi connectivity index (χ0n) is 3.94. The number of rotatable bonds is 1. The van der Waals surface area contributed by atoms with Gasteiger partial charge >= 0.3 is 5.97 Å². The molecule has 0 saturated heterocycles. The van der Waals surface area contributed by atoms with Crippen LogP contribution in [0.15, 0.2) is 12.4 Å². The van der Waals surface area contributed by atoms with E-state index < -0.39 is 11.8 Å². The van der Waals surface area contributed by atoms with Crippen LogP contribution in [-0.4, -0.2) is 40.6 Å². The molecule has 0 amide bonds. The minimum absolute atomic E-state index is 0. The third-order valence-corrected chi connectivity index (χ3v) is 0.232. The first-order valence-corrected chi connectivity index (χ1v) is 1.22. The van der Waals surface area contributed by atoms with Gasteiger partial charge in [-0.05, 0) is 0 Å². The second-order valence-electron chi connectivity index (χ2n) is 0.710. The number of carboxylic acid groups (broad SMARTS) is 1. The predicted octanol–water partition coefficient (Wildman–Crippen LogP) is 0.173. The number of hydrogen-bond donors (Lipinski definition) is 1. The van der Waals surface area contributed by atoms with Gasteiger partial charge in [0.1, 0.15) is 0 Å². The Labute approximate surface area is 62.3 Å². The largest absolute Gasteiger partial charge is 0.476 e. The Morgan fingerprint density at radius 3 is 1.86 bits per heavy atom. The van der Waals surface area contributed by atoms with E-state index >= 15 is 0 Å². The second kappa shape index (κ2) is 4.30. The van der Waals surface area contributed by atoms with Crippen LogP contribution in [0.5, 0.6) is 0 Å². The number of halogens is 1. The van der Waals surface area contributed by atoms with Crippen molar-refractivity contribution >= 4 is 35.5 Å². The molecule has 0 aliphatic carbocycles. The average molecular weight is 113 g/mol. The molecule has 1 radical (unpaired) electrons. The quantitative estimate of drug-likeness (QED) is 0.389. The van der Waals surface area contributed by atoms with Crippen molar-refractivity contribution in [1.29, 1.82) is 0 Å². The summed E-state index contributed by atoms with van der Waals surface area (Å²) in [6.07, 6.45) is 0. The molecule has 1 N–H and O–H groups in total. The fourth-order valence-corrected chi connectivity index (χ4v) is 0. The van der Waals surface area contributed by atoms with Gasteiger partial charge in [0.25, 0.3) is 0 Å². The molecular formula is C3H3FNaO2. The van der Waals surface area contributed by atoms with E-state index in [1.807, 2.05) is 0 Å². The maximum absolute atomic E-state index is 11.0. The Kier molecular flexibility index (Phi) is 6.26. The van der Waals surface area contributed by atoms with Crippen LogP contribution in [0.3, 0.4) is 0 Å². The van der Waals surface area contributed by atoms with Crippen LogP contribution >= 0.6 is 0 Å². The summed E-state index contributed by atoms with van der Waals surface area (Å²) < 4.78 is 11.0. The van der Waals surface area contributed by atoms with Gasteiger partial charge in [-0.15, -0.1) is 0 Å². The van der Waals surface area contributed by atoms with Crippen molar-refractivity contribution in [3.05, 3.63) is 12.4 Å². The van der Waals surface area contributed by atoms with Crippen LogP contribution in [0, 0.1) is 0 Å². The van der Waals surface area contributed by atoms with Crippen molar-refractivity contribution in [2.45, 2.75) is 0 Å². The van der Waals surface area contributed by atoms with Gasteiger partial charge in [-0.1, -0.05) is 6.58 Å². The maximum Gasteiger partial charge on any atom is 0.364 e. The van der Waals surface area contributed by atoms with E-state index in [0.717, 1.165) is 0 Å². The maximum atomic E-state index is 11.0. The summed E-state index contributed by atoms with van der Waals surface area (Å²) in [6, 6.07) is 0. The molecule has 0 aliphatic heterocycles. The van der Waals surface area contributed by atoms with Crippen molar-refractivity contribution in [2.75, 3.05) is 0 Å². The zero-order valence-corrected chi connectivity index (χ0v) is 5.94. The summed E-state index contributed by atoms with van der Waals surface area (Å²) in [7, 11) is 0. The van der Waals surface area contributed by atoms with E-state index in [1.54, 1.807) is 0 Å². The molecule has 0 aliphatic rings. The van der Waals surface area contributed by atoms with Gasteiger partial charge in [-0.3, -0.25) is 0 Å². The Balaban J connectivity index is 0. The Hall–Kier alpha value is 0.140. The molecule has 0 fully saturated rings. The third-order valence-electron chi connectivity index (χ3n) is 0.232. The summed E-state index contributed by atoms with van der Waals surface area (Å²) in [5.41, 5.74) is 0. The van der Waals surface area contributed by atoms with Crippen molar-refractivity contribution in [3.63, 3.8) is 0 Å². The number of carboxylic acids is 1. The Morgan fingerprint density at radius 1 is 1.71 bits per heavy atom. The molecule has 0 aromatic carbocycles. The summed E-state index contributed by atoms with van der Waals surface area (Å²) in [5.74, 6) is -2.93. The van der Waals surface area contributed by atoms with E-state index in [2.05, 4.69) is 6.58 Å². The number of carbonyl (C=O) groups is 1. The third kappa shape index (κ3) is 6.14. The molecule has 0 unspecified atom stereocenters. The summed E-state index contributed by atoms with van der Waals surface area (Å²) in [5, 5.41) is 7.52. The molecule has 0 atom stereocenters. The topological polar surface area (TPSA) is 37.3 Å². The van der Waals surface area contributed by atoms with Crippen molar-refractivity contribution < 1.29 is 14.3 Å². The van der Waals surface area contributed by atoms with Crippen molar-refractivity contribution in [2.24, 2.45) is 0 Å². The minimum Gasteiger partial charge on any atom is -0.476 e. The van der Waals surface area contributed by atoms with Crippen LogP contribution in [0.25, 0.3) is 0 Å². The van der Waals surface area contributed by atoms with Crippen molar-refractivity contribution in [3.8, 4) is 0 Å². The molecule has 0 bridgehead atoms. The van der Waals surface area contributed by atoms with E-state index in [0.29, 0.717) is 0 Å². The van der Waals surface area contributed by atoms with Gasteiger partial charge in [-0.2, -0.15) is 4.39 Å². The standard InChI is InChI=1S/C3H3FO2.Na/c1-2(4)3(5)6;/h1H2,(H,5,6);. The van der Waals surface area contributed by atoms with E-state index in [1.165, 1.54) is 0 Å². The molecule has 0 saturated carbocycles. The Bertz CT molecular complexity index is 78.9. The van der Waals surface area contributed by atoms with Gasteiger partial charge in [0, 0.05) is 29.6 Å². The van der Waals surface area contributed by atoms with Crippen LogP contribution in [-0.2, 0) is 4.79 Å². The van der Waals surface area contributed by atoms with Crippen LogP contribution in [0.2, 0.25) is 0 Å². The number of hydrogen-bond acceptors (Lipinski definition) is 1. The van der Waals surface area contributed by atoms with Gasteiger partial charge in [0.2, 0.25) is 5.83 Å². The second-order valence-corrected chi connectivity index (χ2v) is 0.710. The Morgan fingerprint density at radius 2 is 1.86 bits per heavy atom. The van der Waals surface area contributed by atoms with E-state index in [9.17, 15) is 9.18 Å². The molecule has 0 rings (SSSR count). The van der Waals surface area contributed by atoms with E-state index in [-0.39, 0.29) is 29.6 Å². The molecule has 0 spiro atoms.